The van der Waals surface area contributed by atoms with Gasteiger partial charge in [-0.3, -0.25) is 14.7 Å². The van der Waals surface area contributed by atoms with Crippen LogP contribution in [-0.4, -0.2) is 28.6 Å². The molecular weight excluding hydrogens is 331 g/mol. The van der Waals surface area contributed by atoms with Gasteiger partial charge in [-0.2, -0.15) is 13.2 Å². The number of amides is 1. The molecule has 3 rings (SSSR count). The first kappa shape index (κ1) is 17.1. The van der Waals surface area contributed by atoms with Gasteiger partial charge >= 0.3 is 6.18 Å². The Morgan fingerprint density at radius 1 is 1.28 bits per heavy atom. The van der Waals surface area contributed by atoms with Crippen LogP contribution < -0.4 is 4.90 Å². The third-order valence-electron chi connectivity index (χ3n) is 4.05. The summed E-state index contributed by atoms with van der Waals surface area (Å²) in [6.07, 6.45) is 2.99. The fourth-order valence-electron chi connectivity index (χ4n) is 2.80. The van der Waals surface area contributed by atoms with Crippen molar-refractivity contribution in [1.82, 2.24) is 9.97 Å². The molecule has 2 aromatic heterocycles. The first-order valence-corrected chi connectivity index (χ1v) is 7.85. The standard InChI is InChI=1S/C18H16F3N3O/c19-18(20,21)15(7-1-4-13-5-2-9-22-12-13)17(25)24-11-8-14-6-3-10-23-16(14)24/h1-6,9-10,12,15H,7-8,11H2/b4-1+/t15-/m1/s1. The lowest BCUT2D eigenvalue weighted by Crippen LogP contribution is -2.42. The Kier molecular flexibility index (Phi) is 4.83. The molecule has 25 heavy (non-hydrogen) atoms. The molecule has 1 amide bonds. The molecule has 0 aliphatic carbocycles. The van der Waals surface area contributed by atoms with E-state index in [-0.39, 0.29) is 6.54 Å². The maximum atomic E-state index is 13.4. The second-order valence-electron chi connectivity index (χ2n) is 5.74. The van der Waals surface area contributed by atoms with Gasteiger partial charge in [0.1, 0.15) is 11.7 Å². The zero-order valence-electron chi connectivity index (χ0n) is 13.3. The highest BCUT2D eigenvalue weighted by Crippen LogP contribution is 2.34. The second-order valence-corrected chi connectivity index (χ2v) is 5.74. The number of carbonyl (C=O) groups is 1. The summed E-state index contributed by atoms with van der Waals surface area (Å²) >= 11 is 0. The van der Waals surface area contributed by atoms with Crippen LogP contribution in [0.25, 0.3) is 6.08 Å². The number of carbonyl (C=O) groups excluding carboxylic acids is 1. The fourth-order valence-corrected chi connectivity index (χ4v) is 2.80. The molecule has 4 nitrogen and oxygen atoms in total. The van der Waals surface area contributed by atoms with Gasteiger partial charge in [0, 0.05) is 25.1 Å². The number of halogens is 3. The Balaban J connectivity index is 1.77. The summed E-state index contributed by atoms with van der Waals surface area (Å²) in [5.74, 6) is -2.72. The number of anilines is 1. The molecule has 3 heterocycles. The van der Waals surface area contributed by atoms with Crippen molar-refractivity contribution in [2.45, 2.75) is 19.0 Å². The molecule has 0 spiro atoms. The maximum absolute atomic E-state index is 13.4. The van der Waals surface area contributed by atoms with Crippen LogP contribution in [0.4, 0.5) is 19.0 Å². The molecule has 130 valence electrons. The van der Waals surface area contributed by atoms with Crippen LogP contribution in [0.1, 0.15) is 17.5 Å². The molecule has 0 aromatic carbocycles. The summed E-state index contributed by atoms with van der Waals surface area (Å²) < 4.78 is 40.2. The molecule has 0 fully saturated rings. The monoisotopic (exact) mass is 347 g/mol. The van der Waals surface area contributed by atoms with E-state index >= 15 is 0 Å². The van der Waals surface area contributed by atoms with Crippen molar-refractivity contribution in [2.24, 2.45) is 5.92 Å². The Morgan fingerprint density at radius 2 is 2.08 bits per heavy atom. The van der Waals surface area contributed by atoms with E-state index in [1.54, 1.807) is 36.7 Å². The van der Waals surface area contributed by atoms with Gasteiger partial charge in [-0.25, -0.2) is 4.98 Å². The quantitative estimate of drug-likeness (QED) is 0.848. The normalized spacial score (nSPS) is 15.4. The first-order chi connectivity index (χ1) is 12.0. The Morgan fingerprint density at radius 3 is 2.80 bits per heavy atom. The predicted molar refractivity (Wildman–Crippen MR) is 87.7 cm³/mol. The van der Waals surface area contributed by atoms with Crippen LogP contribution in [0.5, 0.6) is 0 Å². The Bertz CT molecular complexity index is 775. The van der Waals surface area contributed by atoms with Crippen LogP contribution in [-0.2, 0) is 11.2 Å². The molecule has 1 atom stereocenters. The third-order valence-corrected chi connectivity index (χ3v) is 4.05. The number of aromatic nitrogens is 2. The maximum Gasteiger partial charge on any atom is 0.400 e. The Labute approximate surface area is 143 Å². The van der Waals surface area contributed by atoms with Crippen molar-refractivity contribution in [1.29, 1.82) is 0 Å². The number of rotatable bonds is 4. The summed E-state index contributed by atoms with van der Waals surface area (Å²) in [5.41, 5.74) is 1.48. The summed E-state index contributed by atoms with van der Waals surface area (Å²) in [4.78, 5) is 21.6. The molecule has 1 aliphatic rings. The zero-order valence-corrected chi connectivity index (χ0v) is 13.3. The van der Waals surface area contributed by atoms with Crippen molar-refractivity contribution in [3.63, 3.8) is 0 Å². The topological polar surface area (TPSA) is 46.1 Å². The highest BCUT2D eigenvalue weighted by atomic mass is 19.4. The van der Waals surface area contributed by atoms with Gasteiger partial charge in [0.15, 0.2) is 0 Å². The van der Waals surface area contributed by atoms with Gasteiger partial charge < -0.3 is 0 Å². The molecule has 0 radical (unpaired) electrons. The van der Waals surface area contributed by atoms with E-state index in [2.05, 4.69) is 9.97 Å². The minimum Gasteiger partial charge on any atom is -0.296 e. The molecule has 0 bridgehead atoms. The lowest BCUT2D eigenvalue weighted by Gasteiger charge is -2.24. The number of allylic oxidation sites excluding steroid dienone is 1. The van der Waals surface area contributed by atoms with E-state index in [9.17, 15) is 18.0 Å². The summed E-state index contributed by atoms with van der Waals surface area (Å²) in [6.45, 7) is 0.226. The smallest absolute Gasteiger partial charge is 0.296 e. The number of fused-ring (bicyclic) bond motifs is 1. The van der Waals surface area contributed by atoms with Gasteiger partial charge in [0.2, 0.25) is 5.91 Å². The van der Waals surface area contributed by atoms with Crippen LogP contribution in [0, 0.1) is 5.92 Å². The number of nitrogens with zero attached hydrogens (tertiary/aromatic N) is 3. The molecular formula is C18H16F3N3O. The second kappa shape index (κ2) is 7.04. The molecule has 1 aliphatic heterocycles. The number of pyridine rings is 2. The summed E-state index contributed by atoms with van der Waals surface area (Å²) in [6, 6.07) is 6.92. The van der Waals surface area contributed by atoms with Gasteiger partial charge in [0.05, 0.1) is 0 Å². The van der Waals surface area contributed by atoms with E-state index in [0.29, 0.717) is 17.8 Å². The van der Waals surface area contributed by atoms with Crippen LogP contribution in [0.2, 0.25) is 0 Å². The largest absolute Gasteiger partial charge is 0.400 e. The third kappa shape index (κ3) is 3.87. The minimum atomic E-state index is -4.62. The molecule has 0 saturated carbocycles. The highest BCUT2D eigenvalue weighted by Gasteiger charge is 2.47. The van der Waals surface area contributed by atoms with E-state index in [0.717, 1.165) is 10.5 Å². The van der Waals surface area contributed by atoms with E-state index in [1.807, 2.05) is 0 Å². The van der Waals surface area contributed by atoms with Crippen LogP contribution >= 0.6 is 0 Å². The van der Waals surface area contributed by atoms with Gasteiger partial charge in [0.25, 0.3) is 0 Å². The molecule has 7 heteroatoms. The lowest BCUT2D eigenvalue weighted by atomic mass is 10.0. The number of alkyl halides is 3. The van der Waals surface area contributed by atoms with Crippen LogP contribution in [0.3, 0.4) is 0 Å². The van der Waals surface area contributed by atoms with Crippen molar-refractivity contribution < 1.29 is 18.0 Å². The van der Waals surface area contributed by atoms with Crippen molar-refractivity contribution >= 4 is 17.8 Å². The molecule has 2 aromatic rings. The van der Waals surface area contributed by atoms with Gasteiger partial charge in [-0.1, -0.05) is 24.3 Å². The SMILES string of the molecule is O=C([C@@H](C/C=C/c1cccnc1)C(F)(F)F)N1CCc2cccnc21. The van der Waals surface area contributed by atoms with Gasteiger partial charge in [-0.15, -0.1) is 0 Å². The Hall–Kier alpha value is -2.70. The van der Waals surface area contributed by atoms with Crippen LogP contribution in [0.15, 0.2) is 48.9 Å². The number of hydrogen-bond donors (Lipinski definition) is 0. The minimum absolute atomic E-state index is 0.226. The van der Waals surface area contributed by atoms with Gasteiger partial charge in [-0.05, 0) is 36.1 Å². The highest BCUT2D eigenvalue weighted by molar-refractivity contribution is 5.96. The zero-order chi connectivity index (χ0) is 17.9. The average molecular weight is 347 g/mol. The number of hydrogen-bond acceptors (Lipinski definition) is 3. The lowest BCUT2D eigenvalue weighted by molar-refractivity contribution is -0.180. The van der Waals surface area contributed by atoms with Crippen molar-refractivity contribution in [2.75, 3.05) is 11.4 Å². The summed E-state index contributed by atoms with van der Waals surface area (Å²) in [5, 5.41) is 0. The molecule has 0 unspecified atom stereocenters. The predicted octanol–water partition coefficient (Wildman–Crippen LogP) is 3.65. The molecule has 0 saturated heterocycles. The van der Waals surface area contributed by atoms with E-state index in [1.165, 1.54) is 18.3 Å². The average Bonchev–Trinajstić information content (AvgIpc) is 3.02. The van der Waals surface area contributed by atoms with Crippen molar-refractivity contribution in [3.8, 4) is 0 Å². The first-order valence-electron chi connectivity index (χ1n) is 7.85. The van der Waals surface area contributed by atoms with E-state index < -0.39 is 24.4 Å². The fraction of sp³-hybridized carbons (Fsp3) is 0.278. The van der Waals surface area contributed by atoms with E-state index in [4.69, 9.17) is 0 Å². The molecule has 0 N–H and O–H groups in total. The summed E-state index contributed by atoms with van der Waals surface area (Å²) in [7, 11) is 0. The van der Waals surface area contributed by atoms with Crippen molar-refractivity contribution in [3.05, 3.63) is 60.1 Å².